The van der Waals surface area contributed by atoms with E-state index in [0.29, 0.717) is 33.8 Å². The Hall–Kier alpha value is -5.62. The van der Waals surface area contributed by atoms with E-state index in [1.807, 2.05) is 0 Å². The number of aryl methyl sites for hydroxylation is 2. The van der Waals surface area contributed by atoms with E-state index in [1.165, 1.54) is 38.5 Å². The second-order valence-corrected chi connectivity index (χ2v) is 12.1. The standard InChI is InChI=1S/C34H30Cl2N10O6.2ClH/c1-51-27-19(29(37)47)7-9-23-25(27)41-31(17-5-3-15(35)13-21(17)33(49)43-39)45(23)11-12-46-24-10-8-20(30(38)48)28(52-2)26(24)42-32(46)18-6-4-16(36)14-22(18)34(50)44-40;;/h3-10,13-14H,11-12,39-40H2,1-2H3,(H2,37,47)(H2,38,48)(H,43,49)(H,44,50);2*1H. The van der Waals surface area contributed by atoms with E-state index in [9.17, 15) is 19.2 Å². The molecule has 0 saturated heterocycles. The highest BCUT2D eigenvalue weighted by atomic mass is 35.5. The summed E-state index contributed by atoms with van der Waals surface area (Å²) in [5, 5.41) is 0.551. The van der Waals surface area contributed by atoms with Crippen molar-refractivity contribution in [2.24, 2.45) is 23.2 Å². The van der Waals surface area contributed by atoms with Gasteiger partial charge in [0.15, 0.2) is 11.5 Å². The van der Waals surface area contributed by atoms with Crippen LogP contribution in [-0.2, 0) is 13.1 Å². The molecule has 0 aliphatic heterocycles. The number of primary amides is 2. The molecular formula is C34H32Cl4N10O6. The highest BCUT2D eigenvalue weighted by Crippen LogP contribution is 2.38. The van der Waals surface area contributed by atoms with Gasteiger partial charge in [-0.25, -0.2) is 21.7 Å². The molecule has 0 saturated carbocycles. The average molecular weight is 819 g/mol. The second-order valence-electron chi connectivity index (χ2n) is 11.3. The van der Waals surface area contributed by atoms with Crippen molar-refractivity contribution in [3.05, 3.63) is 93.0 Å². The number of halogens is 4. The highest BCUT2D eigenvalue weighted by molar-refractivity contribution is 6.31. The van der Waals surface area contributed by atoms with Gasteiger partial charge >= 0.3 is 0 Å². The molecule has 10 N–H and O–H groups in total. The summed E-state index contributed by atoms with van der Waals surface area (Å²) in [5.41, 5.74) is 18.3. The van der Waals surface area contributed by atoms with Crippen LogP contribution in [0.25, 0.3) is 44.8 Å². The van der Waals surface area contributed by atoms with Crippen molar-refractivity contribution >= 4 is 93.7 Å². The minimum Gasteiger partial charge on any atom is -0.494 e. The lowest BCUT2D eigenvalue weighted by atomic mass is 10.1. The van der Waals surface area contributed by atoms with Crippen molar-refractivity contribution in [2.45, 2.75) is 13.1 Å². The summed E-state index contributed by atoms with van der Waals surface area (Å²) in [5.74, 6) is 9.17. The van der Waals surface area contributed by atoms with Crippen LogP contribution in [0.5, 0.6) is 11.5 Å². The molecule has 54 heavy (non-hydrogen) atoms. The Morgan fingerprint density at radius 2 is 1.00 bits per heavy atom. The summed E-state index contributed by atoms with van der Waals surface area (Å²) in [4.78, 5) is 60.4. The molecule has 0 unspecified atom stereocenters. The number of nitrogens with one attached hydrogen (secondary N) is 2. The topological polar surface area (TPSA) is 251 Å². The maximum Gasteiger partial charge on any atom is 0.265 e. The first-order chi connectivity index (χ1) is 24.9. The third-order valence-corrected chi connectivity index (χ3v) is 8.90. The number of hydrogen-bond acceptors (Lipinski definition) is 10. The Balaban J connectivity index is 0.00000325. The number of amides is 4. The predicted octanol–water partition coefficient (Wildman–Crippen LogP) is 3.99. The molecule has 0 atom stereocenters. The fourth-order valence-corrected chi connectivity index (χ4v) is 6.50. The number of fused-ring (bicyclic) bond motifs is 2. The molecule has 20 heteroatoms. The second kappa shape index (κ2) is 16.6. The van der Waals surface area contributed by atoms with Crippen LogP contribution >= 0.6 is 48.0 Å². The number of rotatable bonds is 11. The molecular weight excluding hydrogens is 786 g/mol. The third kappa shape index (κ3) is 7.17. The van der Waals surface area contributed by atoms with Crippen LogP contribution < -0.4 is 43.5 Å². The zero-order valence-corrected chi connectivity index (χ0v) is 31.5. The van der Waals surface area contributed by atoms with E-state index in [0.717, 1.165) is 0 Å². The zero-order chi connectivity index (χ0) is 37.4. The summed E-state index contributed by atoms with van der Waals surface area (Å²) in [6, 6.07) is 15.7. The number of carbonyl (C=O) groups is 4. The molecule has 0 radical (unpaired) electrons. The van der Waals surface area contributed by atoms with E-state index in [-0.39, 0.29) is 92.7 Å². The first-order valence-corrected chi connectivity index (χ1v) is 16.0. The largest absolute Gasteiger partial charge is 0.494 e. The van der Waals surface area contributed by atoms with Gasteiger partial charge < -0.3 is 30.1 Å². The smallest absolute Gasteiger partial charge is 0.265 e. The molecule has 16 nitrogen and oxygen atoms in total. The SMILES string of the molecule is COc1c(C(N)=O)ccc2c1nc(-c1ccc(Cl)cc1C(=O)NN)n2CCn1c(-c2ccc(Cl)cc2C(=O)NN)nc2c(OC)c(C(N)=O)ccc21.Cl.Cl. The lowest BCUT2D eigenvalue weighted by Crippen LogP contribution is -2.30. The number of aromatic nitrogens is 4. The molecule has 0 fully saturated rings. The lowest BCUT2D eigenvalue weighted by molar-refractivity contribution is 0.0946. The van der Waals surface area contributed by atoms with Crippen molar-refractivity contribution < 1.29 is 28.7 Å². The fourth-order valence-electron chi connectivity index (χ4n) is 6.15. The molecule has 0 bridgehead atoms. The molecule has 6 aromatic rings. The van der Waals surface area contributed by atoms with Crippen molar-refractivity contribution in [2.75, 3.05) is 14.2 Å². The number of nitrogens with zero attached hydrogens (tertiary/aromatic N) is 4. The van der Waals surface area contributed by atoms with Crippen LogP contribution in [0.4, 0.5) is 0 Å². The molecule has 6 rings (SSSR count). The van der Waals surface area contributed by atoms with Gasteiger partial charge in [-0.15, -0.1) is 24.8 Å². The van der Waals surface area contributed by atoms with Gasteiger partial charge in [-0.05, 0) is 60.7 Å². The average Bonchev–Trinajstić information content (AvgIpc) is 3.70. The van der Waals surface area contributed by atoms with E-state index in [1.54, 1.807) is 45.5 Å². The number of hydrazine groups is 2. The number of hydrogen-bond donors (Lipinski definition) is 6. The van der Waals surface area contributed by atoms with Gasteiger partial charge in [0.25, 0.3) is 23.6 Å². The van der Waals surface area contributed by atoms with Crippen molar-refractivity contribution in [3.63, 3.8) is 0 Å². The monoisotopic (exact) mass is 816 g/mol. The molecule has 4 aromatic carbocycles. The van der Waals surface area contributed by atoms with Crippen LogP contribution in [0.2, 0.25) is 10.0 Å². The van der Waals surface area contributed by atoms with E-state index in [4.69, 9.17) is 65.8 Å². The highest BCUT2D eigenvalue weighted by Gasteiger charge is 2.26. The molecule has 0 aliphatic carbocycles. The minimum atomic E-state index is -0.733. The van der Waals surface area contributed by atoms with Gasteiger partial charge in [0.1, 0.15) is 22.7 Å². The van der Waals surface area contributed by atoms with Crippen LogP contribution in [0.3, 0.4) is 0 Å². The minimum absolute atomic E-state index is 0. The third-order valence-electron chi connectivity index (χ3n) is 8.43. The van der Waals surface area contributed by atoms with Gasteiger partial charge in [-0.3, -0.25) is 30.0 Å². The van der Waals surface area contributed by atoms with Crippen LogP contribution in [-0.4, -0.2) is 57.0 Å². The van der Waals surface area contributed by atoms with E-state index in [2.05, 4.69) is 10.9 Å². The Morgan fingerprint density at radius 1 is 0.630 bits per heavy atom. The quantitative estimate of drug-likeness (QED) is 0.0623. The van der Waals surface area contributed by atoms with Gasteiger partial charge in [0.2, 0.25) is 0 Å². The lowest BCUT2D eigenvalue weighted by Gasteiger charge is -2.16. The Morgan fingerprint density at radius 3 is 1.31 bits per heavy atom. The van der Waals surface area contributed by atoms with Crippen molar-refractivity contribution in [1.82, 2.24) is 30.0 Å². The maximum absolute atomic E-state index is 13.0. The molecule has 2 aromatic heterocycles. The van der Waals surface area contributed by atoms with E-state index >= 15 is 0 Å². The van der Waals surface area contributed by atoms with Gasteiger partial charge in [0, 0.05) is 34.3 Å². The van der Waals surface area contributed by atoms with Crippen molar-refractivity contribution in [3.8, 4) is 34.3 Å². The van der Waals surface area contributed by atoms with Crippen LogP contribution in [0, 0.1) is 0 Å². The number of benzene rings is 4. The van der Waals surface area contributed by atoms with Crippen molar-refractivity contribution in [1.29, 1.82) is 0 Å². The van der Waals surface area contributed by atoms with Gasteiger partial charge in [0.05, 0.1) is 47.5 Å². The van der Waals surface area contributed by atoms with Gasteiger partial charge in [-0.1, -0.05) is 23.2 Å². The Bertz CT molecular complexity index is 2300. The summed E-state index contributed by atoms with van der Waals surface area (Å²) >= 11 is 12.6. The number of methoxy groups -OCH3 is 2. The predicted molar refractivity (Wildman–Crippen MR) is 208 cm³/mol. The summed E-state index contributed by atoms with van der Waals surface area (Å²) in [6.07, 6.45) is 0. The Labute approximate surface area is 328 Å². The molecule has 282 valence electrons. The number of ether oxygens (including phenoxy) is 2. The summed E-state index contributed by atoms with van der Waals surface area (Å²) in [7, 11) is 2.77. The summed E-state index contributed by atoms with van der Waals surface area (Å²) < 4.78 is 14.8. The molecule has 0 aliphatic rings. The molecule has 4 amide bonds. The number of nitrogen functional groups attached to an aromatic ring is 2. The van der Waals surface area contributed by atoms with Gasteiger partial charge in [-0.2, -0.15) is 0 Å². The van der Waals surface area contributed by atoms with Crippen LogP contribution in [0.15, 0.2) is 60.7 Å². The normalized spacial score (nSPS) is 10.7. The fraction of sp³-hybridized carbons (Fsp3) is 0.118. The first-order valence-electron chi connectivity index (χ1n) is 15.3. The van der Waals surface area contributed by atoms with E-state index < -0.39 is 23.6 Å². The van der Waals surface area contributed by atoms with Crippen LogP contribution in [0.1, 0.15) is 41.4 Å². The number of nitrogens with two attached hydrogens (primary N) is 4. The maximum atomic E-state index is 13.0. The number of carbonyl (C=O) groups excluding carboxylic acids is 4. The molecule has 2 heterocycles. The molecule has 0 spiro atoms. The zero-order valence-electron chi connectivity index (χ0n) is 28.3. The first kappa shape index (κ1) is 41.1. The summed E-state index contributed by atoms with van der Waals surface area (Å²) in [6.45, 7) is 0.281. The number of imidazole rings is 2. The Kier molecular flexibility index (Phi) is 12.6.